The van der Waals surface area contributed by atoms with E-state index in [1.165, 1.54) is 6.08 Å². The van der Waals surface area contributed by atoms with E-state index in [0.29, 0.717) is 25.8 Å². The third kappa shape index (κ3) is 6.90. The summed E-state index contributed by atoms with van der Waals surface area (Å²) in [6, 6.07) is 0.710. The Bertz CT molecular complexity index is 252. The van der Waals surface area contributed by atoms with Crippen molar-refractivity contribution in [2.45, 2.75) is 33.2 Å². The monoisotopic (exact) mass is 275 g/mol. The highest BCUT2D eigenvalue weighted by atomic mass is 28.4. The minimum absolute atomic E-state index is 0.0741. The Hall–Kier alpha value is -0.693. The minimum atomic E-state index is -2.53. The normalized spacial score (nSPS) is 12.0. The first-order valence-corrected chi connectivity index (χ1v) is 8.30. The number of carbonyl (C=O) groups is 1. The molecule has 18 heavy (non-hydrogen) atoms. The van der Waals surface area contributed by atoms with E-state index in [-0.39, 0.29) is 5.91 Å². The van der Waals surface area contributed by atoms with Crippen LogP contribution in [0.15, 0.2) is 12.2 Å². The SMILES string of the molecule is CC=CC(=O)NCCC[Si](OC)(OCC)OCC. The lowest BCUT2D eigenvalue weighted by Crippen LogP contribution is -2.45. The van der Waals surface area contributed by atoms with Gasteiger partial charge in [0, 0.05) is 32.9 Å². The average Bonchev–Trinajstić information content (AvgIpc) is 2.35. The molecule has 1 amide bonds. The van der Waals surface area contributed by atoms with Gasteiger partial charge in [-0.3, -0.25) is 4.79 Å². The van der Waals surface area contributed by atoms with Crippen molar-refractivity contribution in [2.24, 2.45) is 0 Å². The van der Waals surface area contributed by atoms with Crippen LogP contribution < -0.4 is 5.32 Å². The van der Waals surface area contributed by atoms with Crippen LogP contribution in [0, 0.1) is 0 Å². The fourth-order valence-electron chi connectivity index (χ4n) is 1.57. The van der Waals surface area contributed by atoms with Crippen LogP contribution in [-0.4, -0.2) is 41.6 Å². The summed E-state index contributed by atoms with van der Waals surface area (Å²) in [6.07, 6.45) is 4.00. The number of carbonyl (C=O) groups excluding carboxylic acids is 1. The molecule has 0 saturated carbocycles. The molecular weight excluding hydrogens is 250 g/mol. The van der Waals surface area contributed by atoms with Crippen LogP contribution in [0.25, 0.3) is 0 Å². The molecule has 1 N–H and O–H groups in total. The molecule has 0 aliphatic heterocycles. The van der Waals surface area contributed by atoms with Crippen molar-refractivity contribution in [3.05, 3.63) is 12.2 Å². The molecule has 0 aromatic carbocycles. The molecule has 106 valence electrons. The maximum absolute atomic E-state index is 11.2. The van der Waals surface area contributed by atoms with Crippen molar-refractivity contribution in [3.8, 4) is 0 Å². The molecule has 0 radical (unpaired) electrons. The summed E-state index contributed by atoms with van der Waals surface area (Å²) in [4.78, 5) is 11.2. The number of allylic oxidation sites excluding steroid dienone is 1. The van der Waals surface area contributed by atoms with E-state index in [2.05, 4.69) is 5.32 Å². The smallest absolute Gasteiger partial charge is 0.377 e. The molecule has 0 spiro atoms. The lowest BCUT2D eigenvalue weighted by Gasteiger charge is -2.27. The highest BCUT2D eigenvalue weighted by Gasteiger charge is 2.38. The van der Waals surface area contributed by atoms with E-state index in [9.17, 15) is 4.79 Å². The lowest BCUT2D eigenvalue weighted by molar-refractivity contribution is -0.116. The van der Waals surface area contributed by atoms with Crippen LogP contribution in [0.2, 0.25) is 6.04 Å². The van der Waals surface area contributed by atoms with Gasteiger partial charge in [-0.2, -0.15) is 0 Å². The molecule has 6 heteroatoms. The van der Waals surface area contributed by atoms with Crippen molar-refractivity contribution in [1.29, 1.82) is 0 Å². The van der Waals surface area contributed by atoms with Crippen molar-refractivity contribution in [3.63, 3.8) is 0 Å². The predicted octanol–water partition coefficient (Wildman–Crippen LogP) is 1.73. The van der Waals surface area contributed by atoms with E-state index in [1.807, 2.05) is 20.8 Å². The van der Waals surface area contributed by atoms with Crippen LogP contribution in [0.5, 0.6) is 0 Å². The van der Waals surface area contributed by atoms with Gasteiger partial charge in [0.25, 0.3) is 0 Å². The summed E-state index contributed by atoms with van der Waals surface area (Å²) >= 11 is 0. The Labute approximate surface area is 111 Å². The second-order valence-corrected chi connectivity index (χ2v) is 6.50. The van der Waals surface area contributed by atoms with Gasteiger partial charge in [-0.15, -0.1) is 0 Å². The Morgan fingerprint density at radius 2 is 1.89 bits per heavy atom. The maximum Gasteiger partial charge on any atom is 0.500 e. The van der Waals surface area contributed by atoms with Gasteiger partial charge in [0.05, 0.1) is 0 Å². The van der Waals surface area contributed by atoms with Crippen LogP contribution in [0.1, 0.15) is 27.2 Å². The van der Waals surface area contributed by atoms with E-state index in [0.717, 1.165) is 6.42 Å². The molecule has 0 aromatic rings. The van der Waals surface area contributed by atoms with Crippen LogP contribution in [0.3, 0.4) is 0 Å². The Morgan fingerprint density at radius 1 is 1.28 bits per heavy atom. The van der Waals surface area contributed by atoms with Crippen molar-refractivity contribution >= 4 is 14.7 Å². The largest absolute Gasteiger partial charge is 0.500 e. The van der Waals surface area contributed by atoms with Gasteiger partial charge in [0.1, 0.15) is 0 Å². The molecule has 0 aliphatic carbocycles. The number of nitrogens with one attached hydrogen (secondary N) is 1. The van der Waals surface area contributed by atoms with Crippen LogP contribution >= 0.6 is 0 Å². The van der Waals surface area contributed by atoms with E-state index >= 15 is 0 Å². The van der Waals surface area contributed by atoms with Gasteiger partial charge in [-0.1, -0.05) is 6.08 Å². The third-order valence-corrected chi connectivity index (χ3v) is 5.36. The highest BCUT2D eigenvalue weighted by molar-refractivity contribution is 6.60. The second-order valence-electron chi connectivity index (χ2n) is 3.65. The molecular formula is C12H25NO4Si. The number of amides is 1. The molecule has 0 saturated heterocycles. The Kier molecular flexibility index (Phi) is 9.86. The highest BCUT2D eigenvalue weighted by Crippen LogP contribution is 2.16. The maximum atomic E-state index is 11.2. The molecule has 0 rings (SSSR count). The van der Waals surface area contributed by atoms with E-state index in [4.69, 9.17) is 13.3 Å². The Balaban J connectivity index is 4.06. The summed E-state index contributed by atoms with van der Waals surface area (Å²) in [5.74, 6) is -0.0741. The molecule has 0 atom stereocenters. The number of hydrogen-bond acceptors (Lipinski definition) is 4. The average molecular weight is 275 g/mol. The fraction of sp³-hybridized carbons (Fsp3) is 0.750. The first-order chi connectivity index (χ1) is 8.64. The lowest BCUT2D eigenvalue weighted by atomic mass is 10.4. The fourth-order valence-corrected chi connectivity index (χ4v) is 3.87. The molecule has 0 fully saturated rings. The molecule has 0 heterocycles. The van der Waals surface area contributed by atoms with Gasteiger partial charge in [-0.25, -0.2) is 0 Å². The predicted molar refractivity (Wildman–Crippen MR) is 73.3 cm³/mol. The first-order valence-electron chi connectivity index (χ1n) is 6.37. The summed E-state index contributed by atoms with van der Waals surface area (Å²) < 4.78 is 16.7. The van der Waals surface area contributed by atoms with E-state index < -0.39 is 8.80 Å². The first kappa shape index (κ1) is 17.3. The van der Waals surface area contributed by atoms with Gasteiger partial charge in [-0.05, 0) is 33.3 Å². The molecule has 0 unspecified atom stereocenters. The zero-order valence-corrected chi connectivity index (χ0v) is 12.8. The van der Waals surface area contributed by atoms with Crippen LogP contribution in [0.4, 0.5) is 0 Å². The summed E-state index contributed by atoms with van der Waals surface area (Å²) in [7, 11) is -0.908. The van der Waals surface area contributed by atoms with Gasteiger partial charge >= 0.3 is 8.80 Å². The van der Waals surface area contributed by atoms with Crippen LogP contribution in [-0.2, 0) is 18.1 Å². The topological polar surface area (TPSA) is 56.8 Å². The van der Waals surface area contributed by atoms with E-state index in [1.54, 1.807) is 13.2 Å². The zero-order valence-electron chi connectivity index (χ0n) is 11.8. The Morgan fingerprint density at radius 3 is 2.33 bits per heavy atom. The molecule has 0 aromatic heterocycles. The van der Waals surface area contributed by atoms with Gasteiger partial charge < -0.3 is 18.6 Å². The van der Waals surface area contributed by atoms with Crippen molar-refractivity contribution in [2.75, 3.05) is 26.9 Å². The zero-order chi connectivity index (χ0) is 13.9. The minimum Gasteiger partial charge on any atom is -0.377 e. The van der Waals surface area contributed by atoms with Crippen molar-refractivity contribution < 1.29 is 18.1 Å². The molecule has 5 nitrogen and oxygen atoms in total. The van der Waals surface area contributed by atoms with Gasteiger partial charge in [0.15, 0.2) is 0 Å². The quantitative estimate of drug-likeness (QED) is 0.375. The summed E-state index contributed by atoms with van der Waals surface area (Å²) in [6.45, 7) is 7.41. The molecule has 0 aliphatic rings. The summed E-state index contributed by atoms with van der Waals surface area (Å²) in [5.41, 5.74) is 0. The number of hydrogen-bond donors (Lipinski definition) is 1. The third-order valence-electron chi connectivity index (χ3n) is 2.32. The second kappa shape index (κ2) is 10.2. The van der Waals surface area contributed by atoms with Gasteiger partial charge in [0.2, 0.25) is 5.91 Å². The van der Waals surface area contributed by atoms with Crippen molar-refractivity contribution in [1.82, 2.24) is 5.32 Å². The summed E-state index contributed by atoms with van der Waals surface area (Å²) in [5, 5.41) is 2.79. The molecule has 0 bridgehead atoms. The standard InChI is InChI=1S/C12H25NO4Si/c1-5-9-12(14)13-10-8-11-18(15-4,16-6-2)17-7-3/h5,9H,6-8,10-11H2,1-4H3,(H,13,14). The number of rotatable bonds is 10.